The Bertz CT molecular complexity index is 469. The maximum atomic E-state index is 12.4. The van der Waals surface area contributed by atoms with E-state index >= 15 is 0 Å². The smallest absolute Gasteiger partial charge is 0.234 e. The fourth-order valence-corrected chi connectivity index (χ4v) is 3.13. The van der Waals surface area contributed by atoms with Gasteiger partial charge in [0.25, 0.3) is 0 Å². The second-order valence-corrected chi connectivity index (χ2v) is 5.35. The minimum atomic E-state index is -0.441. The molecule has 3 nitrogen and oxygen atoms in total. The van der Waals surface area contributed by atoms with E-state index < -0.39 is 5.92 Å². The summed E-state index contributed by atoms with van der Waals surface area (Å²) in [6, 6.07) is 10.1. The summed E-state index contributed by atoms with van der Waals surface area (Å²) in [5.74, 6) is -0.299. The fraction of sp³-hybridized carbons (Fsp3) is 0.500. The Hall–Kier alpha value is -1.64. The summed E-state index contributed by atoms with van der Waals surface area (Å²) < 4.78 is 0. The Labute approximate surface area is 114 Å². The number of nitrogens with zero attached hydrogens (tertiary/aromatic N) is 1. The quantitative estimate of drug-likeness (QED) is 0.780. The van der Waals surface area contributed by atoms with Gasteiger partial charge < -0.3 is 4.90 Å². The first kappa shape index (κ1) is 13.8. The zero-order valence-corrected chi connectivity index (χ0v) is 11.8. The summed E-state index contributed by atoms with van der Waals surface area (Å²) in [4.78, 5) is 26.0. The van der Waals surface area contributed by atoms with E-state index in [4.69, 9.17) is 0 Å². The van der Waals surface area contributed by atoms with Crippen molar-refractivity contribution in [2.24, 2.45) is 11.8 Å². The number of Topliss-reactive ketones (excluding diaryl/α,β-unsaturated/α-hetero) is 1. The van der Waals surface area contributed by atoms with Gasteiger partial charge in [-0.3, -0.25) is 9.59 Å². The summed E-state index contributed by atoms with van der Waals surface area (Å²) >= 11 is 0. The molecule has 0 N–H and O–H groups in total. The van der Waals surface area contributed by atoms with E-state index in [0.29, 0.717) is 6.54 Å². The van der Waals surface area contributed by atoms with Crippen LogP contribution in [-0.2, 0) is 16.1 Å². The van der Waals surface area contributed by atoms with Gasteiger partial charge in [-0.2, -0.15) is 0 Å². The first-order valence-corrected chi connectivity index (χ1v) is 6.91. The van der Waals surface area contributed by atoms with Crippen LogP contribution < -0.4 is 0 Å². The van der Waals surface area contributed by atoms with E-state index in [1.54, 1.807) is 0 Å². The van der Waals surface area contributed by atoms with E-state index in [9.17, 15) is 9.59 Å². The third-order valence-corrected chi connectivity index (χ3v) is 4.19. The monoisotopic (exact) mass is 259 g/mol. The van der Waals surface area contributed by atoms with Crippen LogP contribution in [0.5, 0.6) is 0 Å². The van der Waals surface area contributed by atoms with E-state index in [2.05, 4.69) is 13.8 Å². The van der Waals surface area contributed by atoms with Crippen molar-refractivity contribution < 1.29 is 9.59 Å². The maximum absolute atomic E-state index is 12.4. The van der Waals surface area contributed by atoms with Gasteiger partial charge in [0.1, 0.15) is 11.7 Å². The highest BCUT2D eigenvalue weighted by molar-refractivity contribution is 6.02. The molecule has 0 unspecified atom stereocenters. The van der Waals surface area contributed by atoms with Crippen molar-refractivity contribution in [3.63, 3.8) is 0 Å². The van der Waals surface area contributed by atoms with Crippen LogP contribution in [0.4, 0.5) is 0 Å². The Morgan fingerprint density at radius 3 is 2.37 bits per heavy atom. The van der Waals surface area contributed by atoms with Crippen molar-refractivity contribution >= 4 is 11.7 Å². The van der Waals surface area contributed by atoms with Crippen molar-refractivity contribution in [3.8, 4) is 0 Å². The summed E-state index contributed by atoms with van der Waals surface area (Å²) in [5, 5.41) is 0. The van der Waals surface area contributed by atoms with Crippen LogP contribution in [0.2, 0.25) is 0 Å². The Balaban J connectivity index is 2.22. The molecule has 19 heavy (non-hydrogen) atoms. The molecular formula is C16H21NO2. The van der Waals surface area contributed by atoms with Crippen LogP contribution in [0.25, 0.3) is 0 Å². The van der Waals surface area contributed by atoms with E-state index in [0.717, 1.165) is 12.0 Å². The predicted octanol–water partition coefficient (Wildman–Crippen LogP) is 2.65. The van der Waals surface area contributed by atoms with E-state index in [1.165, 1.54) is 6.92 Å². The molecule has 102 valence electrons. The van der Waals surface area contributed by atoms with Gasteiger partial charge in [-0.1, -0.05) is 43.7 Å². The highest BCUT2D eigenvalue weighted by Gasteiger charge is 2.46. The van der Waals surface area contributed by atoms with Crippen molar-refractivity contribution in [1.29, 1.82) is 0 Å². The number of ketones is 1. The molecule has 1 aliphatic heterocycles. The number of hydrogen-bond donors (Lipinski definition) is 0. The normalized spacial score (nSPS) is 26.8. The molecule has 1 heterocycles. The van der Waals surface area contributed by atoms with Gasteiger partial charge in [0, 0.05) is 12.6 Å². The molecule has 0 bridgehead atoms. The summed E-state index contributed by atoms with van der Waals surface area (Å²) in [6.45, 7) is 6.24. The molecule has 1 fully saturated rings. The number of rotatable bonds is 4. The van der Waals surface area contributed by atoms with Gasteiger partial charge in [-0.15, -0.1) is 0 Å². The molecular weight excluding hydrogens is 238 g/mol. The van der Waals surface area contributed by atoms with Gasteiger partial charge in [-0.05, 0) is 25.3 Å². The lowest BCUT2D eigenvalue weighted by atomic mass is 9.86. The Morgan fingerprint density at radius 2 is 1.89 bits per heavy atom. The number of amides is 1. The van der Waals surface area contributed by atoms with Crippen molar-refractivity contribution in [3.05, 3.63) is 35.9 Å². The predicted molar refractivity (Wildman–Crippen MR) is 74.4 cm³/mol. The molecule has 3 atom stereocenters. The Kier molecular flexibility index (Phi) is 4.03. The minimum Gasteiger partial charge on any atom is -0.335 e. The van der Waals surface area contributed by atoms with Crippen LogP contribution >= 0.6 is 0 Å². The molecule has 1 aromatic carbocycles. The topological polar surface area (TPSA) is 37.4 Å². The molecule has 0 aromatic heterocycles. The van der Waals surface area contributed by atoms with Crippen LogP contribution in [0, 0.1) is 11.8 Å². The van der Waals surface area contributed by atoms with Gasteiger partial charge in [0.15, 0.2) is 0 Å². The summed E-state index contributed by atoms with van der Waals surface area (Å²) in [6.07, 6.45) is 0.864. The molecule has 1 amide bonds. The van der Waals surface area contributed by atoms with Crippen LogP contribution in [0.15, 0.2) is 30.3 Å². The first-order valence-electron chi connectivity index (χ1n) is 6.91. The highest BCUT2D eigenvalue weighted by atomic mass is 16.2. The lowest BCUT2D eigenvalue weighted by Crippen LogP contribution is -2.33. The molecule has 0 radical (unpaired) electrons. The first-order chi connectivity index (χ1) is 9.06. The molecule has 0 spiro atoms. The molecule has 1 saturated heterocycles. The van der Waals surface area contributed by atoms with Gasteiger partial charge in [0.2, 0.25) is 5.91 Å². The number of carbonyl (C=O) groups is 2. The average molecular weight is 259 g/mol. The molecule has 2 rings (SSSR count). The third-order valence-electron chi connectivity index (χ3n) is 4.19. The number of hydrogen-bond acceptors (Lipinski definition) is 2. The molecule has 3 heteroatoms. The van der Waals surface area contributed by atoms with Crippen LogP contribution in [0.1, 0.15) is 32.8 Å². The van der Waals surface area contributed by atoms with Crippen molar-refractivity contribution in [2.75, 3.05) is 0 Å². The van der Waals surface area contributed by atoms with Gasteiger partial charge in [0.05, 0.1) is 0 Å². The van der Waals surface area contributed by atoms with E-state index in [-0.39, 0.29) is 23.7 Å². The van der Waals surface area contributed by atoms with E-state index in [1.807, 2.05) is 35.2 Å². The molecule has 0 saturated carbocycles. The van der Waals surface area contributed by atoms with Crippen LogP contribution in [-0.4, -0.2) is 22.6 Å². The Morgan fingerprint density at radius 1 is 1.26 bits per heavy atom. The van der Waals surface area contributed by atoms with Crippen LogP contribution in [0.3, 0.4) is 0 Å². The zero-order chi connectivity index (χ0) is 14.0. The molecule has 1 aliphatic rings. The highest BCUT2D eigenvalue weighted by Crippen LogP contribution is 2.34. The maximum Gasteiger partial charge on any atom is 0.234 e. The summed E-state index contributed by atoms with van der Waals surface area (Å²) in [7, 11) is 0. The van der Waals surface area contributed by atoms with Crippen molar-refractivity contribution in [2.45, 2.75) is 39.8 Å². The lowest BCUT2D eigenvalue weighted by molar-refractivity contribution is -0.137. The second-order valence-electron chi connectivity index (χ2n) is 5.35. The SMILES string of the molecule is CC[C@@H]1[C@@H](C(C)=O)C(=O)N(Cc2ccccc2)[C@H]1C. The fourth-order valence-electron chi connectivity index (χ4n) is 3.13. The largest absolute Gasteiger partial charge is 0.335 e. The molecule has 1 aromatic rings. The molecule has 0 aliphatic carbocycles. The zero-order valence-electron chi connectivity index (χ0n) is 11.8. The van der Waals surface area contributed by atoms with Crippen molar-refractivity contribution in [1.82, 2.24) is 4.90 Å². The lowest BCUT2D eigenvalue weighted by Gasteiger charge is -2.24. The minimum absolute atomic E-state index is 0.000684. The number of benzene rings is 1. The summed E-state index contributed by atoms with van der Waals surface area (Å²) in [5.41, 5.74) is 1.11. The number of carbonyl (C=O) groups excluding carboxylic acids is 2. The van der Waals surface area contributed by atoms with Gasteiger partial charge >= 0.3 is 0 Å². The average Bonchev–Trinajstić information content (AvgIpc) is 2.64. The van der Waals surface area contributed by atoms with Gasteiger partial charge in [-0.25, -0.2) is 0 Å². The number of likely N-dealkylation sites (tertiary alicyclic amines) is 1. The third kappa shape index (κ3) is 2.55. The second kappa shape index (κ2) is 5.55. The standard InChI is InChI=1S/C16H21NO2/c1-4-14-11(2)17(16(19)15(14)12(3)18)10-13-8-6-5-7-9-13/h5-9,11,14-15H,4,10H2,1-3H3/t11-,14-,15+/m0/s1.